The van der Waals surface area contributed by atoms with Gasteiger partial charge in [0, 0.05) is 24.6 Å². The first-order chi connectivity index (χ1) is 10.5. The molecule has 0 saturated heterocycles. The van der Waals surface area contributed by atoms with Crippen molar-refractivity contribution in [2.24, 2.45) is 0 Å². The molecule has 22 heavy (non-hydrogen) atoms. The van der Waals surface area contributed by atoms with Gasteiger partial charge < -0.3 is 10.1 Å². The second kappa shape index (κ2) is 8.76. The summed E-state index contributed by atoms with van der Waals surface area (Å²) in [5.74, 6) is -1.06. The molecule has 1 aromatic rings. The Labute approximate surface area is 128 Å². The molecule has 0 aliphatic heterocycles. The molecule has 0 spiro atoms. The number of nitro benzene ring substituents is 1. The van der Waals surface area contributed by atoms with E-state index in [0.717, 1.165) is 18.9 Å². The molecule has 1 amide bonds. The van der Waals surface area contributed by atoms with E-state index < -0.39 is 22.5 Å². The summed E-state index contributed by atoms with van der Waals surface area (Å²) in [7, 11) is 0. The van der Waals surface area contributed by atoms with Crippen molar-refractivity contribution in [3.63, 3.8) is 0 Å². The Hall–Kier alpha value is -2.44. The zero-order valence-corrected chi connectivity index (χ0v) is 12.8. The number of carbonyl (C=O) groups is 2. The van der Waals surface area contributed by atoms with E-state index in [2.05, 4.69) is 5.32 Å². The number of rotatable bonds is 8. The third-order valence-corrected chi connectivity index (χ3v) is 2.96. The Morgan fingerprint density at radius 3 is 2.59 bits per heavy atom. The maximum absolute atomic E-state index is 11.7. The fraction of sp³-hybridized carbons (Fsp3) is 0.467. The van der Waals surface area contributed by atoms with Gasteiger partial charge in [0.25, 0.3) is 5.91 Å². The van der Waals surface area contributed by atoms with Crippen LogP contribution in [0.15, 0.2) is 18.2 Å². The van der Waals surface area contributed by atoms with Gasteiger partial charge in [0.05, 0.1) is 4.92 Å². The minimum absolute atomic E-state index is 0.139. The van der Waals surface area contributed by atoms with Gasteiger partial charge in [0.15, 0.2) is 0 Å². The van der Waals surface area contributed by atoms with Gasteiger partial charge in [0.1, 0.15) is 0 Å². The summed E-state index contributed by atoms with van der Waals surface area (Å²) in [6.45, 7) is 4.18. The zero-order valence-electron chi connectivity index (χ0n) is 12.8. The fourth-order valence-corrected chi connectivity index (χ4v) is 1.84. The number of carbonyl (C=O) groups excluding carboxylic acids is 2. The number of nitrogens with one attached hydrogen (secondary N) is 1. The van der Waals surface area contributed by atoms with E-state index >= 15 is 0 Å². The Bertz CT molecular complexity index is 557. The molecule has 0 heterocycles. The predicted molar refractivity (Wildman–Crippen MR) is 80.9 cm³/mol. The molecule has 1 aromatic carbocycles. The molecule has 1 N–H and O–H groups in total. The molecule has 0 saturated carbocycles. The van der Waals surface area contributed by atoms with Crippen LogP contribution in [-0.4, -0.2) is 23.3 Å². The van der Waals surface area contributed by atoms with Crippen molar-refractivity contribution in [1.29, 1.82) is 0 Å². The zero-order chi connectivity index (χ0) is 16.5. The lowest BCUT2D eigenvalue weighted by Crippen LogP contribution is -2.22. The van der Waals surface area contributed by atoms with Crippen LogP contribution in [0.25, 0.3) is 0 Å². The topological polar surface area (TPSA) is 98.5 Å². The van der Waals surface area contributed by atoms with Crippen molar-refractivity contribution in [2.75, 3.05) is 6.54 Å². The van der Waals surface area contributed by atoms with Crippen molar-refractivity contribution in [3.05, 3.63) is 33.9 Å². The van der Waals surface area contributed by atoms with Crippen LogP contribution in [0, 0.1) is 10.1 Å². The highest BCUT2D eigenvalue weighted by Crippen LogP contribution is 2.28. The minimum atomic E-state index is -0.669. The summed E-state index contributed by atoms with van der Waals surface area (Å²) in [4.78, 5) is 33.8. The van der Waals surface area contributed by atoms with Crippen molar-refractivity contribution in [2.45, 2.75) is 39.5 Å². The molecular formula is C15H20N2O5. The molecule has 0 unspecified atom stereocenters. The van der Waals surface area contributed by atoms with Gasteiger partial charge >= 0.3 is 11.7 Å². The van der Waals surface area contributed by atoms with Crippen LogP contribution >= 0.6 is 0 Å². The van der Waals surface area contributed by atoms with Gasteiger partial charge in [-0.3, -0.25) is 19.7 Å². The normalized spacial score (nSPS) is 10.1. The monoisotopic (exact) mass is 308 g/mol. The summed E-state index contributed by atoms with van der Waals surface area (Å²) in [6, 6.07) is 3.78. The van der Waals surface area contributed by atoms with Crippen molar-refractivity contribution >= 4 is 17.6 Å². The molecule has 7 nitrogen and oxygen atoms in total. The number of nitro groups is 1. The molecule has 0 radical (unpaired) electrons. The number of hydrogen-bond donors (Lipinski definition) is 1. The number of unbranched alkanes of at least 4 members (excludes halogenated alkanes) is 2. The maximum atomic E-state index is 11.7. The van der Waals surface area contributed by atoms with E-state index in [1.165, 1.54) is 12.1 Å². The largest absolute Gasteiger partial charge is 0.419 e. The van der Waals surface area contributed by atoms with Crippen LogP contribution < -0.4 is 10.1 Å². The molecule has 0 aliphatic rings. The quantitative estimate of drug-likeness (QED) is 0.262. The van der Waals surface area contributed by atoms with Gasteiger partial charge in [-0.05, 0) is 25.5 Å². The lowest BCUT2D eigenvalue weighted by atomic mass is 10.1. The SMILES string of the molecule is CCCCCC(=O)Oc1ccc(C(=O)NCC)cc1[N+](=O)[O-]. The van der Waals surface area contributed by atoms with Gasteiger partial charge in [-0.25, -0.2) is 0 Å². The van der Waals surface area contributed by atoms with Crippen molar-refractivity contribution < 1.29 is 19.2 Å². The second-order valence-electron chi connectivity index (χ2n) is 4.73. The summed E-state index contributed by atoms with van der Waals surface area (Å²) in [5.41, 5.74) is -0.244. The molecule has 1 rings (SSSR count). The van der Waals surface area contributed by atoms with Crippen LogP contribution in [0.2, 0.25) is 0 Å². The van der Waals surface area contributed by atoms with Crippen LogP contribution in [0.1, 0.15) is 49.9 Å². The Kier molecular flexibility index (Phi) is 7.01. The Balaban J connectivity index is 2.88. The first kappa shape index (κ1) is 17.6. The number of ether oxygens (including phenoxy) is 1. The van der Waals surface area contributed by atoms with Gasteiger partial charge in [0.2, 0.25) is 5.75 Å². The lowest BCUT2D eigenvalue weighted by molar-refractivity contribution is -0.385. The van der Waals surface area contributed by atoms with Gasteiger partial charge in [-0.2, -0.15) is 0 Å². The third kappa shape index (κ3) is 5.16. The average Bonchev–Trinajstić information content (AvgIpc) is 2.47. The number of benzene rings is 1. The predicted octanol–water partition coefficient (Wildman–Crippen LogP) is 2.83. The van der Waals surface area contributed by atoms with E-state index in [0.29, 0.717) is 13.0 Å². The van der Waals surface area contributed by atoms with Crippen LogP contribution in [-0.2, 0) is 4.79 Å². The number of hydrogen-bond acceptors (Lipinski definition) is 5. The first-order valence-corrected chi connectivity index (χ1v) is 7.26. The van der Waals surface area contributed by atoms with Gasteiger partial charge in [-0.1, -0.05) is 19.8 Å². The highest BCUT2D eigenvalue weighted by molar-refractivity contribution is 5.95. The van der Waals surface area contributed by atoms with Crippen molar-refractivity contribution in [3.8, 4) is 5.75 Å². The average molecular weight is 308 g/mol. The standard InChI is InChI=1S/C15H20N2O5/c1-3-5-6-7-14(18)22-13-9-8-11(15(19)16-4-2)10-12(13)17(20)21/h8-10H,3-7H2,1-2H3,(H,16,19). The smallest absolute Gasteiger partial charge is 0.312 e. The third-order valence-electron chi connectivity index (χ3n) is 2.96. The van der Waals surface area contributed by atoms with Crippen LogP contribution in [0.3, 0.4) is 0 Å². The Morgan fingerprint density at radius 2 is 2.00 bits per heavy atom. The summed E-state index contributed by atoms with van der Waals surface area (Å²) in [6.07, 6.45) is 2.76. The first-order valence-electron chi connectivity index (χ1n) is 7.26. The summed E-state index contributed by atoms with van der Waals surface area (Å²) in [5, 5.41) is 13.6. The van der Waals surface area contributed by atoms with E-state index in [1.54, 1.807) is 6.92 Å². The number of esters is 1. The second-order valence-corrected chi connectivity index (χ2v) is 4.73. The minimum Gasteiger partial charge on any atom is -0.419 e. The molecule has 0 bridgehead atoms. The molecule has 120 valence electrons. The van der Waals surface area contributed by atoms with Crippen LogP contribution in [0.4, 0.5) is 5.69 Å². The molecule has 7 heteroatoms. The van der Waals surface area contributed by atoms with E-state index in [1.807, 2.05) is 6.92 Å². The van der Waals surface area contributed by atoms with Gasteiger partial charge in [-0.15, -0.1) is 0 Å². The number of amides is 1. The summed E-state index contributed by atoms with van der Waals surface area (Å²) < 4.78 is 5.04. The summed E-state index contributed by atoms with van der Waals surface area (Å²) >= 11 is 0. The van der Waals surface area contributed by atoms with E-state index in [4.69, 9.17) is 4.74 Å². The van der Waals surface area contributed by atoms with Crippen molar-refractivity contribution in [1.82, 2.24) is 5.32 Å². The molecule has 0 aliphatic carbocycles. The maximum Gasteiger partial charge on any atom is 0.312 e. The molecule has 0 fully saturated rings. The lowest BCUT2D eigenvalue weighted by Gasteiger charge is -2.07. The van der Waals surface area contributed by atoms with E-state index in [-0.39, 0.29) is 17.7 Å². The molecule has 0 aromatic heterocycles. The van der Waals surface area contributed by atoms with Crippen LogP contribution in [0.5, 0.6) is 5.75 Å². The highest BCUT2D eigenvalue weighted by Gasteiger charge is 2.20. The highest BCUT2D eigenvalue weighted by atomic mass is 16.6. The fourth-order valence-electron chi connectivity index (χ4n) is 1.84. The molecule has 0 atom stereocenters. The van der Waals surface area contributed by atoms with E-state index in [9.17, 15) is 19.7 Å². The molecular weight excluding hydrogens is 288 g/mol. The Morgan fingerprint density at radius 1 is 1.27 bits per heavy atom. The number of nitrogens with zero attached hydrogens (tertiary/aromatic N) is 1.